The van der Waals surface area contributed by atoms with Gasteiger partial charge in [-0.1, -0.05) is 25.1 Å². The number of unbranched alkanes of at least 4 members (excludes halogenated alkanes) is 1. The number of carbonyl (C=O) groups excluding carboxylic acids is 2. The van der Waals surface area contributed by atoms with Crippen molar-refractivity contribution in [3.8, 4) is 11.4 Å². The average Bonchev–Trinajstić information content (AvgIpc) is 3.26. The fraction of sp³-hybridized carbons (Fsp3) is 0.545. The van der Waals surface area contributed by atoms with Crippen LogP contribution < -0.4 is 10.1 Å². The number of nitrogens with one attached hydrogen (secondary N) is 1. The molecule has 1 aliphatic heterocycles. The van der Waals surface area contributed by atoms with Crippen LogP contribution in [0.3, 0.4) is 0 Å². The van der Waals surface area contributed by atoms with Crippen molar-refractivity contribution in [3.63, 3.8) is 0 Å². The third-order valence-electron chi connectivity index (χ3n) is 5.59. The second-order valence-corrected chi connectivity index (χ2v) is 8.73. The Morgan fingerprint density at radius 1 is 1.26 bits per heavy atom. The van der Waals surface area contributed by atoms with Crippen LogP contribution in [0.1, 0.15) is 39.5 Å². The Kier molecular flexibility index (Phi) is 8.34. The van der Waals surface area contributed by atoms with E-state index in [9.17, 15) is 9.59 Å². The maximum Gasteiger partial charge on any atom is 0.233 e. The van der Waals surface area contributed by atoms with Gasteiger partial charge >= 0.3 is 0 Å². The lowest BCUT2D eigenvalue weighted by atomic mass is 9.92. The van der Waals surface area contributed by atoms with E-state index in [4.69, 9.17) is 4.74 Å². The van der Waals surface area contributed by atoms with Crippen molar-refractivity contribution in [3.05, 3.63) is 30.6 Å². The molecular weight excluding hydrogens is 414 g/mol. The molecule has 31 heavy (non-hydrogen) atoms. The van der Waals surface area contributed by atoms with E-state index in [-0.39, 0.29) is 29.5 Å². The summed E-state index contributed by atoms with van der Waals surface area (Å²) in [4.78, 5) is 27.3. The van der Waals surface area contributed by atoms with Crippen LogP contribution in [0.25, 0.3) is 5.69 Å². The first kappa shape index (κ1) is 23.1. The molecule has 0 saturated carbocycles. The van der Waals surface area contributed by atoms with Gasteiger partial charge in [0.15, 0.2) is 5.16 Å². The number of nitrogens with zero attached hydrogens (tertiary/aromatic N) is 4. The molecule has 1 N–H and O–H groups in total. The average molecular weight is 446 g/mol. The maximum absolute atomic E-state index is 13.0. The zero-order valence-corrected chi connectivity index (χ0v) is 19.2. The molecule has 168 valence electrons. The smallest absolute Gasteiger partial charge is 0.233 e. The molecule has 2 heterocycles. The van der Waals surface area contributed by atoms with Crippen LogP contribution in [0.15, 0.2) is 35.7 Å². The third kappa shape index (κ3) is 6.00. The standard InChI is InChI=1S/C22H31N5O3S/c1-4-5-12-23-21(29)17-7-6-16(2)26(13-17)20(28)14-31-22-25-24-15-27(22)18-8-10-19(30-3)11-9-18/h8-11,15-17H,4-7,12-14H2,1-3H3,(H,23,29)/t16-,17+/m1/s1. The first-order valence-corrected chi connectivity index (χ1v) is 11.8. The summed E-state index contributed by atoms with van der Waals surface area (Å²) < 4.78 is 7.05. The van der Waals surface area contributed by atoms with Crippen molar-refractivity contribution in [2.45, 2.75) is 50.7 Å². The van der Waals surface area contributed by atoms with Crippen LogP contribution in [0, 0.1) is 5.92 Å². The molecule has 9 heteroatoms. The number of carbonyl (C=O) groups is 2. The van der Waals surface area contributed by atoms with Crippen LogP contribution in [-0.4, -0.2) is 63.5 Å². The molecule has 0 radical (unpaired) electrons. The van der Waals surface area contributed by atoms with Crippen LogP contribution in [0.2, 0.25) is 0 Å². The van der Waals surface area contributed by atoms with Crippen molar-refractivity contribution in [1.82, 2.24) is 25.0 Å². The second-order valence-electron chi connectivity index (χ2n) is 7.78. The Morgan fingerprint density at radius 3 is 2.74 bits per heavy atom. The molecule has 0 bridgehead atoms. The van der Waals surface area contributed by atoms with Crippen LogP contribution in [0.5, 0.6) is 5.75 Å². The molecule has 1 aromatic heterocycles. The zero-order valence-electron chi connectivity index (χ0n) is 18.4. The van der Waals surface area contributed by atoms with Gasteiger partial charge in [0, 0.05) is 24.8 Å². The van der Waals surface area contributed by atoms with Gasteiger partial charge < -0.3 is 15.0 Å². The second kappa shape index (κ2) is 11.2. The van der Waals surface area contributed by atoms with E-state index in [0.717, 1.165) is 37.1 Å². The molecule has 2 amide bonds. The van der Waals surface area contributed by atoms with Gasteiger partial charge in [-0.05, 0) is 50.5 Å². The number of benzene rings is 1. The van der Waals surface area contributed by atoms with Crippen LogP contribution in [0.4, 0.5) is 0 Å². The summed E-state index contributed by atoms with van der Waals surface area (Å²) in [6, 6.07) is 7.71. The van der Waals surface area contributed by atoms with E-state index in [1.54, 1.807) is 13.4 Å². The Morgan fingerprint density at radius 2 is 2.03 bits per heavy atom. The fourth-order valence-electron chi connectivity index (χ4n) is 3.65. The van der Waals surface area contributed by atoms with E-state index in [2.05, 4.69) is 22.4 Å². The van der Waals surface area contributed by atoms with Gasteiger partial charge in [0.05, 0.1) is 18.8 Å². The summed E-state index contributed by atoms with van der Waals surface area (Å²) >= 11 is 1.36. The summed E-state index contributed by atoms with van der Waals surface area (Å²) in [5, 5.41) is 11.8. The molecule has 1 fully saturated rings. The lowest BCUT2D eigenvalue weighted by Crippen LogP contribution is -2.50. The van der Waals surface area contributed by atoms with Gasteiger partial charge in [0.1, 0.15) is 12.1 Å². The van der Waals surface area contributed by atoms with Gasteiger partial charge in [-0.3, -0.25) is 14.2 Å². The Balaban J connectivity index is 1.58. The van der Waals surface area contributed by atoms with Crippen molar-refractivity contribution in [1.29, 1.82) is 0 Å². The SMILES string of the molecule is CCCCNC(=O)[C@H]1CC[C@@H](C)N(C(=O)CSc2nncn2-c2ccc(OC)cc2)C1. The fourth-order valence-corrected chi connectivity index (χ4v) is 4.47. The molecule has 1 aromatic carbocycles. The highest BCUT2D eigenvalue weighted by molar-refractivity contribution is 7.99. The van der Waals surface area contributed by atoms with Gasteiger partial charge in [0.25, 0.3) is 0 Å². The van der Waals surface area contributed by atoms with Crippen molar-refractivity contribution < 1.29 is 14.3 Å². The molecule has 2 atom stereocenters. The summed E-state index contributed by atoms with van der Waals surface area (Å²) in [5.74, 6) is 0.972. The minimum atomic E-state index is -0.134. The minimum absolute atomic E-state index is 0.0211. The van der Waals surface area contributed by atoms with Crippen LogP contribution in [-0.2, 0) is 9.59 Å². The summed E-state index contributed by atoms with van der Waals surface area (Å²) in [7, 11) is 1.63. The van der Waals surface area contributed by atoms with Gasteiger partial charge in [-0.25, -0.2) is 0 Å². The molecule has 2 aromatic rings. The number of likely N-dealkylation sites (tertiary alicyclic amines) is 1. The number of hydrogen-bond donors (Lipinski definition) is 1. The highest BCUT2D eigenvalue weighted by Gasteiger charge is 2.32. The zero-order chi connectivity index (χ0) is 22.2. The molecule has 0 unspecified atom stereocenters. The number of piperidine rings is 1. The number of methoxy groups -OCH3 is 1. The molecule has 1 aliphatic rings. The van der Waals surface area contributed by atoms with Gasteiger partial charge in [0.2, 0.25) is 11.8 Å². The molecule has 0 spiro atoms. The highest BCUT2D eigenvalue weighted by atomic mass is 32.2. The third-order valence-corrected chi connectivity index (χ3v) is 6.52. The topological polar surface area (TPSA) is 89.4 Å². The summed E-state index contributed by atoms with van der Waals surface area (Å²) in [6.07, 6.45) is 5.31. The number of thioether (sulfide) groups is 1. The largest absolute Gasteiger partial charge is 0.497 e. The van der Waals surface area contributed by atoms with Crippen molar-refractivity contribution >= 4 is 23.6 Å². The van der Waals surface area contributed by atoms with E-state index in [1.165, 1.54) is 11.8 Å². The Hall–Kier alpha value is -2.55. The van der Waals surface area contributed by atoms with Crippen molar-refractivity contribution in [2.75, 3.05) is 26.0 Å². The van der Waals surface area contributed by atoms with Gasteiger partial charge in [-0.15, -0.1) is 10.2 Å². The van der Waals surface area contributed by atoms with Crippen LogP contribution >= 0.6 is 11.8 Å². The number of aromatic nitrogens is 3. The number of rotatable bonds is 9. The summed E-state index contributed by atoms with van der Waals surface area (Å²) in [5.41, 5.74) is 0.899. The molecular formula is C22H31N5O3S. The quantitative estimate of drug-likeness (QED) is 0.472. The monoisotopic (exact) mass is 445 g/mol. The lowest BCUT2D eigenvalue weighted by Gasteiger charge is -2.37. The van der Waals surface area contributed by atoms with E-state index < -0.39 is 0 Å². The summed E-state index contributed by atoms with van der Waals surface area (Å²) in [6.45, 7) is 5.32. The first-order chi connectivity index (χ1) is 15.0. The first-order valence-electron chi connectivity index (χ1n) is 10.8. The normalized spacial score (nSPS) is 18.6. The minimum Gasteiger partial charge on any atom is -0.497 e. The molecule has 0 aliphatic carbocycles. The highest BCUT2D eigenvalue weighted by Crippen LogP contribution is 2.25. The Labute approximate surface area is 187 Å². The predicted octanol–water partition coefficient (Wildman–Crippen LogP) is 2.91. The number of ether oxygens (including phenoxy) is 1. The van der Waals surface area contributed by atoms with E-state index in [0.29, 0.717) is 18.2 Å². The maximum atomic E-state index is 13.0. The van der Waals surface area contributed by atoms with E-state index in [1.807, 2.05) is 40.7 Å². The molecule has 1 saturated heterocycles. The Bertz CT molecular complexity index is 870. The van der Waals surface area contributed by atoms with Crippen molar-refractivity contribution in [2.24, 2.45) is 5.92 Å². The molecule has 8 nitrogen and oxygen atoms in total. The molecule has 3 rings (SSSR count). The van der Waals surface area contributed by atoms with Gasteiger partial charge in [-0.2, -0.15) is 0 Å². The lowest BCUT2D eigenvalue weighted by molar-refractivity contribution is -0.136. The number of amides is 2. The van der Waals surface area contributed by atoms with E-state index >= 15 is 0 Å². The number of hydrogen-bond acceptors (Lipinski definition) is 6. The predicted molar refractivity (Wildman–Crippen MR) is 120 cm³/mol.